The van der Waals surface area contributed by atoms with Crippen LogP contribution in [0.5, 0.6) is 11.5 Å². The lowest BCUT2D eigenvalue weighted by Gasteiger charge is -2.19. The minimum atomic E-state index is -0.270. The van der Waals surface area contributed by atoms with Crippen molar-refractivity contribution in [1.82, 2.24) is 0 Å². The lowest BCUT2D eigenvalue weighted by molar-refractivity contribution is 0.390. The molecule has 2 aromatic carbocycles. The molecule has 0 saturated carbocycles. The van der Waals surface area contributed by atoms with Crippen LogP contribution >= 0.6 is 11.6 Å². The monoisotopic (exact) mass is 291 g/mol. The van der Waals surface area contributed by atoms with Crippen molar-refractivity contribution in [1.29, 1.82) is 0 Å². The minimum absolute atomic E-state index is 0.270. The third kappa shape index (κ3) is 2.89. The van der Waals surface area contributed by atoms with E-state index in [0.717, 1.165) is 22.4 Å². The number of benzene rings is 2. The van der Waals surface area contributed by atoms with Crippen molar-refractivity contribution in [2.24, 2.45) is 5.73 Å². The van der Waals surface area contributed by atoms with Gasteiger partial charge < -0.3 is 15.2 Å². The van der Waals surface area contributed by atoms with Crippen LogP contribution in [0.1, 0.15) is 22.7 Å². The number of methoxy groups -OCH3 is 2. The summed E-state index contributed by atoms with van der Waals surface area (Å²) in [5, 5.41) is 0.708. The summed E-state index contributed by atoms with van der Waals surface area (Å²) in [6.07, 6.45) is 0. The second kappa shape index (κ2) is 6.16. The molecule has 0 amide bonds. The summed E-state index contributed by atoms with van der Waals surface area (Å²) in [6.45, 7) is 2.00. The van der Waals surface area contributed by atoms with Crippen molar-refractivity contribution in [3.05, 3.63) is 58.1 Å². The van der Waals surface area contributed by atoms with E-state index in [9.17, 15) is 0 Å². The molecule has 0 fully saturated rings. The number of ether oxygens (including phenoxy) is 2. The van der Waals surface area contributed by atoms with Crippen LogP contribution in [0.4, 0.5) is 0 Å². The maximum atomic E-state index is 6.37. The number of rotatable bonds is 4. The van der Waals surface area contributed by atoms with Gasteiger partial charge in [0.15, 0.2) is 0 Å². The van der Waals surface area contributed by atoms with Gasteiger partial charge in [0, 0.05) is 16.7 Å². The molecule has 0 aliphatic rings. The van der Waals surface area contributed by atoms with Crippen molar-refractivity contribution < 1.29 is 9.47 Å². The van der Waals surface area contributed by atoms with Gasteiger partial charge in [-0.1, -0.05) is 17.7 Å². The molecular weight excluding hydrogens is 274 g/mol. The van der Waals surface area contributed by atoms with Crippen molar-refractivity contribution >= 4 is 11.6 Å². The molecule has 0 aliphatic carbocycles. The van der Waals surface area contributed by atoms with Crippen LogP contribution in [0.2, 0.25) is 5.02 Å². The summed E-state index contributed by atoms with van der Waals surface area (Å²) >= 11 is 5.98. The van der Waals surface area contributed by atoms with E-state index in [1.165, 1.54) is 0 Å². The zero-order chi connectivity index (χ0) is 14.7. The molecule has 0 spiro atoms. The molecule has 0 bridgehead atoms. The van der Waals surface area contributed by atoms with Crippen molar-refractivity contribution in [3.8, 4) is 11.5 Å². The van der Waals surface area contributed by atoms with Gasteiger partial charge in [-0.05, 0) is 42.3 Å². The number of aryl methyl sites for hydroxylation is 1. The van der Waals surface area contributed by atoms with Crippen LogP contribution in [-0.4, -0.2) is 14.2 Å². The maximum absolute atomic E-state index is 6.37. The van der Waals surface area contributed by atoms with E-state index in [1.54, 1.807) is 14.2 Å². The topological polar surface area (TPSA) is 44.5 Å². The second-order valence-corrected chi connectivity index (χ2v) is 5.02. The normalized spacial score (nSPS) is 12.1. The highest BCUT2D eigenvalue weighted by molar-refractivity contribution is 6.30. The van der Waals surface area contributed by atoms with E-state index in [0.29, 0.717) is 10.8 Å². The van der Waals surface area contributed by atoms with Gasteiger partial charge in [-0.15, -0.1) is 0 Å². The average Bonchev–Trinajstić information content (AvgIpc) is 2.46. The van der Waals surface area contributed by atoms with Gasteiger partial charge in [-0.25, -0.2) is 0 Å². The highest BCUT2D eigenvalue weighted by Crippen LogP contribution is 2.33. The fraction of sp³-hybridized carbons (Fsp3) is 0.250. The fourth-order valence-corrected chi connectivity index (χ4v) is 2.46. The van der Waals surface area contributed by atoms with Gasteiger partial charge in [0.25, 0.3) is 0 Å². The van der Waals surface area contributed by atoms with E-state index in [4.69, 9.17) is 26.8 Å². The Hall–Kier alpha value is -1.71. The molecule has 0 radical (unpaired) electrons. The van der Waals surface area contributed by atoms with Crippen molar-refractivity contribution in [2.45, 2.75) is 13.0 Å². The van der Waals surface area contributed by atoms with Crippen LogP contribution in [0.15, 0.2) is 36.4 Å². The molecular formula is C16H18ClNO2. The first-order chi connectivity index (χ1) is 9.56. The van der Waals surface area contributed by atoms with Gasteiger partial charge in [0.05, 0.1) is 20.3 Å². The van der Waals surface area contributed by atoms with E-state index in [-0.39, 0.29) is 6.04 Å². The molecule has 3 nitrogen and oxygen atoms in total. The highest BCUT2D eigenvalue weighted by atomic mass is 35.5. The molecule has 106 valence electrons. The molecule has 0 heterocycles. The van der Waals surface area contributed by atoms with E-state index in [2.05, 4.69) is 0 Å². The molecule has 2 N–H and O–H groups in total. The van der Waals surface area contributed by atoms with Crippen LogP contribution in [0, 0.1) is 6.92 Å². The summed E-state index contributed by atoms with van der Waals surface area (Å²) in [5.41, 5.74) is 9.37. The van der Waals surface area contributed by atoms with E-state index >= 15 is 0 Å². The molecule has 20 heavy (non-hydrogen) atoms. The summed E-state index contributed by atoms with van der Waals surface area (Å²) in [5.74, 6) is 1.46. The van der Waals surface area contributed by atoms with Crippen molar-refractivity contribution in [2.75, 3.05) is 14.2 Å². The predicted octanol–water partition coefficient (Wildman–Crippen LogP) is 3.71. The largest absolute Gasteiger partial charge is 0.497 e. The third-order valence-electron chi connectivity index (χ3n) is 3.34. The smallest absolute Gasteiger partial charge is 0.127 e. The summed E-state index contributed by atoms with van der Waals surface area (Å²) in [6, 6.07) is 11.1. The SMILES string of the molecule is COc1ccc(C(N)c2ccc(Cl)cc2C)c(OC)c1. The molecule has 0 aliphatic heterocycles. The quantitative estimate of drug-likeness (QED) is 0.934. The molecule has 0 aromatic heterocycles. The summed E-state index contributed by atoms with van der Waals surface area (Å²) in [4.78, 5) is 0. The molecule has 1 atom stereocenters. The summed E-state index contributed by atoms with van der Waals surface area (Å²) < 4.78 is 10.6. The van der Waals surface area contributed by atoms with Crippen molar-refractivity contribution in [3.63, 3.8) is 0 Å². The molecule has 2 rings (SSSR count). The Bertz CT molecular complexity index is 613. The zero-order valence-electron chi connectivity index (χ0n) is 11.8. The Balaban J connectivity index is 2.44. The Morgan fingerprint density at radius 3 is 2.30 bits per heavy atom. The van der Waals surface area contributed by atoms with Crippen LogP contribution in [-0.2, 0) is 0 Å². The number of nitrogens with two attached hydrogens (primary N) is 1. The minimum Gasteiger partial charge on any atom is -0.497 e. The predicted molar refractivity (Wildman–Crippen MR) is 81.8 cm³/mol. The van der Waals surface area contributed by atoms with Gasteiger partial charge >= 0.3 is 0 Å². The van der Waals surface area contributed by atoms with E-state index < -0.39 is 0 Å². The Kier molecular flexibility index (Phi) is 4.53. The average molecular weight is 292 g/mol. The fourth-order valence-electron chi connectivity index (χ4n) is 2.23. The number of hydrogen-bond donors (Lipinski definition) is 1. The first kappa shape index (κ1) is 14.7. The third-order valence-corrected chi connectivity index (χ3v) is 3.58. The van der Waals surface area contributed by atoms with Gasteiger partial charge in [0.1, 0.15) is 11.5 Å². The maximum Gasteiger partial charge on any atom is 0.127 e. The Labute approximate surface area is 124 Å². The highest BCUT2D eigenvalue weighted by Gasteiger charge is 2.16. The van der Waals surface area contributed by atoms with Gasteiger partial charge in [-0.2, -0.15) is 0 Å². The number of halogens is 1. The van der Waals surface area contributed by atoms with Crippen LogP contribution < -0.4 is 15.2 Å². The Morgan fingerprint density at radius 1 is 1.00 bits per heavy atom. The Morgan fingerprint density at radius 2 is 1.70 bits per heavy atom. The lowest BCUT2D eigenvalue weighted by Crippen LogP contribution is -2.14. The van der Waals surface area contributed by atoms with Gasteiger partial charge in [-0.3, -0.25) is 0 Å². The lowest BCUT2D eigenvalue weighted by atomic mass is 9.95. The standard InChI is InChI=1S/C16H18ClNO2/c1-10-8-11(17)4-6-13(10)16(18)14-7-5-12(19-2)9-15(14)20-3/h4-9,16H,18H2,1-3H3. The molecule has 1 unspecified atom stereocenters. The van der Waals surface area contributed by atoms with Gasteiger partial charge in [0.2, 0.25) is 0 Å². The molecule has 0 saturated heterocycles. The number of hydrogen-bond acceptors (Lipinski definition) is 3. The van der Waals surface area contributed by atoms with Crippen LogP contribution in [0.3, 0.4) is 0 Å². The van der Waals surface area contributed by atoms with E-state index in [1.807, 2.05) is 43.3 Å². The molecule has 4 heteroatoms. The van der Waals surface area contributed by atoms with Crippen LogP contribution in [0.25, 0.3) is 0 Å². The first-order valence-corrected chi connectivity index (χ1v) is 6.68. The zero-order valence-corrected chi connectivity index (χ0v) is 12.6. The second-order valence-electron chi connectivity index (χ2n) is 4.59. The first-order valence-electron chi connectivity index (χ1n) is 6.30. The summed E-state index contributed by atoms with van der Waals surface area (Å²) in [7, 11) is 3.25. The molecule has 2 aromatic rings.